The Morgan fingerprint density at radius 3 is 2.22 bits per heavy atom. The zero-order valence-electron chi connectivity index (χ0n) is 16.2. The molecule has 2 heterocycles. The average Bonchev–Trinajstić information content (AvgIpc) is 2.69. The summed E-state index contributed by atoms with van der Waals surface area (Å²) < 4.78 is 67.7. The van der Waals surface area contributed by atoms with Gasteiger partial charge in [0.1, 0.15) is 22.8 Å². The Kier molecular flexibility index (Phi) is 5.21. The summed E-state index contributed by atoms with van der Waals surface area (Å²) in [5.41, 5.74) is -2.67. The lowest BCUT2D eigenvalue weighted by atomic mass is 9.44. The van der Waals surface area contributed by atoms with Crippen LogP contribution in [0.2, 0.25) is 0 Å². The summed E-state index contributed by atoms with van der Waals surface area (Å²) in [7, 11) is 0. The summed E-state index contributed by atoms with van der Waals surface area (Å²) in [5, 5.41) is 5.58. The Balaban J connectivity index is 1.22. The van der Waals surface area contributed by atoms with E-state index in [1.54, 1.807) is 0 Å². The number of amides is 2. The van der Waals surface area contributed by atoms with Gasteiger partial charge in [-0.3, -0.25) is 14.6 Å². The van der Waals surface area contributed by atoms with Gasteiger partial charge in [0.05, 0.1) is 18.6 Å². The number of carbonyl (C=O) groups excluding carboxylic acids is 2. The highest BCUT2D eigenvalue weighted by Crippen LogP contribution is 2.60. The first-order valence-electron chi connectivity index (χ1n) is 9.39. The van der Waals surface area contributed by atoms with Crippen molar-refractivity contribution in [3.05, 3.63) is 47.8 Å². The van der Waals surface area contributed by atoms with Crippen molar-refractivity contribution in [2.45, 2.75) is 42.9 Å². The molecule has 13 heteroatoms. The zero-order chi connectivity index (χ0) is 23.1. The van der Waals surface area contributed by atoms with Gasteiger partial charge in [0.15, 0.2) is 6.61 Å². The van der Waals surface area contributed by atoms with Gasteiger partial charge in [0.2, 0.25) is 0 Å². The van der Waals surface area contributed by atoms with Gasteiger partial charge in [-0.15, -0.1) is 0 Å². The molecule has 0 atom stereocenters. The standard InChI is InChI=1S/C19H16F5N5O3/c20-15(21)11-4-26-12(5-25-11)16(31)29-18-7-17(8-18,9-18)28-14(30)6-32-10-1-2-13(27-3-10)19(22,23)24/h1-5,15H,6-9H2,(H,28,30)(H,29,31). The number of carbonyl (C=O) groups is 2. The van der Waals surface area contributed by atoms with Crippen LogP contribution >= 0.6 is 0 Å². The van der Waals surface area contributed by atoms with Crippen LogP contribution in [0.25, 0.3) is 0 Å². The van der Waals surface area contributed by atoms with E-state index in [1.165, 1.54) is 0 Å². The lowest BCUT2D eigenvalue weighted by molar-refractivity contribution is -0.142. The van der Waals surface area contributed by atoms with E-state index in [0.717, 1.165) is 30.7 Å². The molecule has 5 rings (SSSR count). The number of hydrogen-bond donors (Lipinski definition) is 2. The number of ether oxygens (including phenoxy) is 1. The second kappa shape index (κ2) is 7.64. The summed E-state index contributed by atoms with van der Waals surface area (Å²) in [6.07, 6.45) is -3.21. The van der Waals surface area contributed by atoms with Gasteiger partial charge in [-0.05, 0) is 31.4 Å². The first-order valence-corrected chi connectivity index (χ1v) is 9.39. The minimum absolute atomic E-state index is 0.0217. The van der Waals surface area contributed by atoms with Crippen LogP contribution in [-0.4, -0.2) is 44.5 Å². The Morgan fingerprint density at radius 1 is 1.00 bits per heavy atom. The molecule has 170 valence electrons. The molecule has 3 saturated carbocycles. The Bertz CT molecular complexity index is 1010. The molecule has 2 aromatic rings. The van der Waals surface area contributed by atoms with E-state index in [-0.39, 0.29) is 11.4 Å². The smallest absolute Gasteiger partial charge is 0.433 e. The molecule has 2 bridgehead atoms. The van der Waals surface area contributed by atoms with E-state index in [1.807, 2.05) is 0 Å². The Labute approximate surface area is 177 Å². The summed E-state index contributed by atoms with van der Waals surface area (Å²) in [6, 6.07) is 1.83. The quantitative estimate of drug-likeness (QED) is 0.619. The van der Waals surface area contributed by atoms with E-state index < -0.39 is 53.5 Å². The van der Waals surface area contributed by atoms with Crippen molar-refractivity contribution in [2.75, 3.05) is 6.61 Å². The largest absolute Gasteiger partial charge is 0.482 e. The molecule has 0 aromatic carbocycles. The minimum Gasteiger partial charge on any atom is -0.482 e. The second-order valence-electron chi connectivity index (χ2n) is 7.89. The van der Waals surface area contributed by atoms with E-state index in [2.05, 4.69) is 25.6 Å². The lowest BCUT2D eigenvalue weighted by Gasteiger charge is -2.70. The maximum absolute atomic E-state index is 12.5. The predicted molar refractivity (Wildman–Crippen MR) is 96.6 cm³/mol. The summed E-state index contributed by atoms with van der Waals surface area (Å²) in [6.45, 7) is -0.403. The molecule has 0 aliphatic heterocycles. The summed E-state index contributed by atoms with van der Waals surface area (Å²) >= 11 is 0. The van der Waals surface area contributed by atoms with Gasteiger partial charge in [-0.1, -0.05) is 0 Å². The topological polar surface area (TPSA) is 106 Å². The molecular formula is C19H16F5N5O3. The van der Waals surface area contributed by atoms with Gasteiger partial charge in [0, 0.05) is 11.1 Å². The van der Waals surface area contributed by atoms with Gasteiger partial charge in [0.25, 0.3) is 18.2 Å². The second-order valence-corrected chi connectivity index (χ2v) is 7.89. The molecule has 0 spiro atoms. The van der Waals surface area contributed by atoms with E-state index in [9.17, 15) is 31.5 Å². The van der Waals surface area contributed by atoms with Gasteiger partial charge in [-0.25, -0.2) is 18.7 Å². The van der Waals surface area contributed by atoms with Crippen LogP contribution in [0.1, 0.15) is 47.6 Å². The van der Waals surface area contributed by atoms with Gasteiger partial charge in [-0.2, -0.15) is 13.2 Å². The maximum Gasteiger partial charge on any atom is 0.433 e. The SMILES string of the molecule is O=C(COc1ccc(C(F)(F)F)nc1)NC12CC(NC(=O)c3cnc(C(F)F)cn3)(C1)C2. The monoisotopic (exact) mass is 457 g/mol. The molecule has 3 aliphatic carbocycles. The molecular weight excluding hydrogens is 441 g/mol. The first-order chi connectivity index (χ1) is 15.0. The lowest BCUT2D eigenvalue weighted by Crippen LogP contribution is -2.84. The minimum atomic E-state index is -4.56. The first kappa shape index (κ1) is 21.8. The zero-order valence-corrected chi connectivity index (χ0v) is 16.2. The third-order valence-electron chi connectivity index (χ3n) is 5.34. The van der Waals surface area contributed by atoms with Gasteiger partial charge >= 0.3 is 6.18 Å². The van der Waals surface area contributed by atoms with Gasteiger partial charge < -0.3 is 15.4 Å². The molecule has 32 heavy (non-hydrogen) atoms. The fraction of sp³-hybridized carbons (Fsp3) is 0.421. The van der Waals surface area contributed by atoms with E-state index >= 15 is 0 Å². The van der Waals surface area contributed by atoms with Crippen molar-refractivity contribution in [1.82, 2.24) is 25.6 Å². The number of aromatic nitrogens is 3. The van der Waals surface area contributed by atoms with Crippen molar-refractivity contribution in [1.29, 1.82) is 0 Å². The fourth-order valence-corrected chi connectivity index (χ4v) is 4.04. The van der Waals surface area contributed by atoms with Crippen molar-refractivity contribution in [3.8, 4) is 5.75 Å². The Morgan fingerprint density at radius 2 is 1.69 bits per heavy atom. The number of nitrogens with zero attached hydrogens (tertiary/aromatic N) is 3. The highest BCUT2D eigenvalue weighted by atomic mass is 19.4. The van der Waals surface area contributed by atoms with Crippen LogP contribution < -0.4 is 15.4 Å². The van der Waals surface area contributed by atoms with Crippen LogP contribution in [0.15, 0.2) is 30.7 Å². The normalized spacial score (nSPS) is 23.7. The summed E-state index contributed by atoms with van der Waals surface area (Å²) in [5.74, 6) is -0.984. The van der Waals surface area contributed by atoms with Crippen molar-refractivity contribution < 1.29 is 36.3 Å². The molecule has 0 saturated heterocycles. The molecule has 0 radical (unpaired) electrons. The number of hydrogen-bond acceptors (Lipinski definition) is 6. The molecule has 2 amide bonds. The van der Waals surface area contributed by atoms with Crippen molar-refractivity contribution in [2.24, 2.45) is 0 Å². The third-order valence-corrected chi connectivity index (χ3v) is 5.34. The number of halogens is 5. The predicted octanol–water partition coefficient (Wildman–Crippen LogP) is 2.43. The molecule has 8 nitrogen and oxygen atoms in total. The van der Waals surface area contributed by atoms with Crippen LogP contribution in [0.3, 0.4) is 0 Å². The summed E-state index contributed by atoms with van der Waals surface area (Å²) in [4.78, 5) is 34.8. The van der Waals surface area contributed by atoms with E-state index in [0.29, 0.717) is 19.3 Å². The number of pyridine rings is 1. The number of rotatable bonds is 7. The fourth-order valence-electron chi connectivity index (χ4n) is 4.04. The molecule has 2 N–H and O–H groups in total. The molecule has 0 unspecified atom stereocenters. The molecule has 2 aromatic heterocycles. The number of alkyl halides is 5. The van der Waals surface area contributed by atoms with Crippen LogP contribution in [0, 0.1) is 0 Å². The number of nitrogens with one attached hydrogen (secondary N) is 2. The maximum atomic E-state index is 12.5. The van der Waals surface area contributed by atoms with Crippen molar-refractivity contribution in [3.63, 3.8) is 0 Å². The Hall–Kier alpha value is -3.38. The van der Waals surface area contributed by atoms with Crippen molar-refractivity contribution >= 4 is 11.8 Å². The molecule has 3 fully saturated rings. The highest BCUT2D eigenvalue weighted by Gasteiger charge is 2.69. The van der Waals surface area contributed by atoms with E-state index in [4.69, 9.17) is 4.74 Å². The van der Waals surface area contributed by atoms with Crippen LogP contribution in [0.5, 0.6) is 5.75 Å². The average molecular weight is 457 g/mol. The highest BCUT2D eigenvalue weighted by molar-refractivity contribution is 5.93. The van der Waals surface area contributed by atoms with Crippen LogP contribution in [0.4, 0.5) is 22.0 Å². The van der Waals surface area contributed by atoms with Crippen LogP contribution in [-0.2, 0) is 11.0 Å². The third kappa shape index (κ3) is 4.32. The molecule has 3 aliphatic rings.